The van der Waals surface area contributed by atoms with Crippen molar-refractivity contribution < 1.29 is 18.7 Å². The van der Waals surface area contributed by atoms with Crippen molar-refractivity contribution >= 4 is 23.2 Å². The quantitative estimate of drug-likeness (QED) is 0.891. The molecule has 2 rings (SSSR count). The highest BCUT2D eigenvalue weighted by Gasteiger charge is 2.10. The number of amides is 2. The van der Waals surface area contributed by atoms with Crippen LogP contribution < -0.4 is 15.4 Å². The van der Waals surface area contributed by atoms with Crippen molar-refractivity contribution in [1.82, 2.24) is 0 Å². The Morgan fingerprint density at radius 3 is 2.52 bits per heavy atom. The van der Waals surface area contributed by atoms with E-state index in [1.165, 1.54) is 20.1 Å². The average molecular weight is 316 g/mol. The molecule has 0 aromatic heterocycles. The molecule has 0 spiro atoms. The minimum Gasteiger partial charge on any atom is -0.495 e. The third-order valence-electron chi connectivity index (χ3n) is 3.10. The second-order valence-corrected chi connectivity index (χ2v) is 4.91. The van der Waals surface area contributed by atoms with Crippen LogP contribution in [0.3, 0.4) is 0 Å². The number of benzene rings is 2. The number of hydrogen-bond acceptors (Lipinski definition) is 3. The molecule has 0 bridgehead atoms. The third kappa shape index (κ3) is 4.54. The van der Waals surface area contributed by atoms with Gasteiger partial charge < -0.3 is 15.4 Å². The zero-order chi connectivity index (χ0) is 16.8. The molecule has 0 aliphatic carbocycles. The first-order valence-corrected chi connectivity index (χ1v) is 6.98. The Morgan fingerprint density at radius 1 is 1.13 bits per heavy atom. The van der Waals surface area contributed by atoms with Gasteiger partial charge in [0.05, 0.1) is 19.2 Å². The van der Waals surface area contributed by atoms with E-state index >= 15 is 0 Å². The molecule has 2 N–H and O–H groups in total. The van der Waals surface area contributed by atoms with Crippen LogP contribution in [0.1, 0.15) is 12.5 Å². The molecular weight excluding hydrogens is 299 g/mol. The smallest absolute Gasteiger partial charge is 0.228 e. The van der Waals surface area contributed by atoms with E-state index in [4.69, 9.17) is 4.74 Å². The lowest BCUT2D eigenvalue weighted by Gasteiger charge is -2.12. The minimum atomic E-state index is -0.420. The van der Waals surface area contributed by atoms with Crippen LogP contribution in [0, 0.1) is 5.82 Å². The number of carbonyl (C=O) groups is 2. The van der Waals surface area contributed by atoms with Gasteiger partial charge in [0.25, 0.3) is 0 Å². The highest BCUT2D eigenvalue weighted by molar-refractivity contribution is 5.95. The molecule has 23 heavy (non-hydrogen) atoms. The van der Waals surface area contributed by atoms with Crippen LogP contribution in [0.4, 0.5) is 15.8 Å². The summed E-state index contributed by atoms with van der Waals surface area (Å²) < 4.78 is 18.7. The molecule has 2 aromatic rings. The largest absolute Gasteiger partial charge is 0.495 e. The van der Waals surface area contributed by atoms with Crippen molar-refractivity contribution in [3.63, 3.8) is 0 Å². The van der Waals surface area contributed by atoms with Crippen LogP contribution in [-0.4, -0.2) is 18.9 Å². The van der Waals surface area contributed by atoms with Gasteiger partial charge in [-0.3, -0.25) is 9.59 Å². The summed E-state index contributed by atoms with van der Waals surface area (Å²) in [5.41, 5.74) is 1.25. The monoisotopic (exact) mass is 316 g/mol. The van der Waals surface area contributed by atoms with Crippen molar-refractivity contribution in [3.8, 4) is 5.75 Å². The Morgan fingerprint density at radius 2 is 1.87 bits per heavy atom. The molecule has 2 aromatic carbocycles. The molecule has 0 heterocycles. The van der Waals surface area contributed by atoms with E-state index in [2.05, 4.69) is 10.6 Å². The molecule has 5 nitrogen and oxygen atoms in total. The molecule has 0 saturated heterocycles. The van der Waals surface area contributed by atoms with Crippen molar-refractivity contribution in [2.24, 2.45) is 0 Å². The number of rotatable bonds is 5. The Balaban J connectivity index is 2.11. The van der Waals surface area contributed by atoms with Crippen LogP contribution >= 0.6 is 0 Å². The molecular formula is C17H17FN2O3. The molecule has 0 aliphatic rings. The van der Waals surface area contributed by atoms with Crippen molar-refractivity contribution in [2.75, 3.05) is 17.7 Å². The van der Waals surface area contributed by atoms with Gasteiger partial charge in [0.1, 0.15) is 11.6 Å². The summed E-state index contributed by atoms with van der Waals surface area (Å²) in [4.78, 5) is 23.2. The topological polar surface area (TPSA) is 67.4 Å². The van der Waals surface area contributed by atoms with Gasteiger partial charge in [-0.25, -0.2) is 4.39 Å². The van der Waals surface area contributed by atoms with E-state index < -0.39 is 5.82 Å². The predicted molar refractivity (Wildman–Crippen MR) is 86.0 cm³/mol. The summed E-state index contributed by atoms with van der Waals surface area (Å²) in [6, 6.07) is 11.0. The fourth-order valence-electron chi connectivity index (χ4n) is 2.09. The minimum absolute atomic E-state index is 0.0752. The number of nitrogens with one attached hydrogen (secondary N) is 2. The van der Waals surface area contributed by atoms with Crippen molar-refractivity contribution in [1.29, 1.82) is 0 Å². The molecule has 0 unspecified atom stereocenters. The summed E-state index contributed by atoms with van der Waals surface area (Å²) in [5.74, 6) is -0.546. The molecule has 0 atom stereocenters. The lowest BCUT2D eigenvalue weighted by Crippen LogP contribution is -2.15. The van der Waals surface area contributed by atoms with E-state index in [9.17, 15) is 14.0 Å². The van der Waals surface area contributed by atoms with Crippen molar-refractivity contribution in [3.05, 3.63) is 53.8 Å². The summed E-state index contributed by atoms with van der Waals surface area (Å²) >= 11 is 0. The van der Waals surface area contributed by atoms with E-state index in [0.29, 0.717) is 22.7 Å². The Labute approximate surface area is 133 Å². The fourth-order valence-corrected chi connectivity index (χ4v) is 2.09. The second-order valence-electron chi connectivity index (χ2n) is 4.91. The summed E-state index contributed by atoms with van der Waals surface area (Å²) in [6.45, 7) is 1.38. The van der Waals surface area contributed by atoms with Gasteiger partial charge >= 0.3 is 0 Å². The number of ether oxygens (including phenoxy) is 1. The van der Waals surface area contributed by atoms with E-state index in [1.807, 2.05) is 0 Å². The van der Waals surface area contributed by atoms with Crippen LogP contribution in [0.5, 0.6) is 5.75 Å². The molecule has 0 saturated carbocycles. The number of methoxy groups -OCH3 is 1. The normalized spacial score (nSPS) is 10.0. The average Bonchev–Trinajstić information content (AvgIpc) is 2.49. The molecule has 6 heteroatoms. The first-order valence-electron chi connectivity index (χ1n) is 6.98. The van der Waals surface area contributed by atoms with Crippen LogP contribution in [-0.2, 0) is 16.0 Å². The van der Waals surface area contributed by atoms with Gasteiger partial charge in [-0.15, -0.1) is 0 Å². The maximum absolute atomic E-state index is 13.6. The molecule has 0 radical (unpaired) electrons. The van der Waals surface area contributed by atoms with Crippen LogP contribution in [0.25, 0.3) is 0 Å². The Kier molecular flexibility index (Phi) is 5.30. The lowest BCUT2D eigenvalue weighted by atomic mass is 10.1. The maximum Gasteiger partial charge on any atom is 0.228 e. The second kappa shape index (κ2) is 7.40. The highest BCUT2D eigenvalue weighted by Crippen LogP contribution is 2.27. The van der Waals surface area contributed by atoms with Crippen LogP contribution in [0.2, 0.25) is 0 Å². The zero-order valence-electron chi connectivity index (χ0n) is 12.9. The lowest BCUT2D eigenvalue weighted by molar-refractivity contribution is -0.116. The van der Waals surface area contributed by atoms with Gasteiger partial charge in [-0.1, -0.05) is 18.2 Å². The van der Waals surface area contributed by atoms with E-state index in [-0.39, 0.29) is 18.2 Å². The van der Waals surface area contributed by atoms with E-state index in [1.54, 1.807) is 36.4 Å². The van der Waals surface area contributed by atoms with Crippen molar-refractivity contribution in [2.45, 2.75) is 13.3 Å². The maximum atomic E-state index is 13.6. The molecule has 0 fully saturated rings. The first kappa shape index (κ1) is 16.5. The zero-order valence-corrected chi connectivity index (χ0v) is 12.9. The Bertz CT molecular complexity index is 732. The van der Waals surface area contributed by atoms with Gasteiger partial charge in [0, 0.05) is 12.6 Å². The Hall–Kier alpha value is -2.89. The van der Waals surface area contributed by atoms with Gasteiger partial charge in [0.15, 0.2) is 0 Å². The standard InChI is InChI=1S/C17H17FN2O3/c1-11(21)19-15-10-13(7-8-16(15)23-2)20-17(22)9-12-5-3-4-6-14(12)18/h3-8,10H,9H2,1-2H3,(H,19,21)(H,20,22). The summed E-state index contributed by atoms with van der Waals surface area (Å²) in [7, 11) is 1.48. The highest BCUT2D eigenvalue weighted by atomic mass is 19.1. The molecule has 0 aliphatic heterocycles. The van der Waals surface area contributed by atoms with E-state index in [0.717, 1.165) is 0 Å². The van der Waals surface area contributed by atoms with Crippen LogP contribution in [0.15, 0.2) is 42.5 Å². The summed E-state index contributed by atoms with van der Waals surface area (Å²) in [6.07, 6.45) is -0.0752. The van der Waals surface area contributed by atoms with Gasteiger partial charge in [0.2, 0.25) is 11.8 Å². The number of hydrogen-bond donors (Lipinski definition) is 2. The number of halogens is 1. The number of anilines is 2. The van der Waals surface area contributed by atoms with Gasteiger partial charge in [-0.05, 0) is 29.8 Å². The SMILES string of the molecule is COc1ccc(NC(=O)Cc2ccccc2F)cc1NC(C)=O. The molecule has 2 amide bonds. The number of carbonyl (C=O) groups excluding carboxylic acids is 2. The van der Waals surface area contributed by atoms with Gasteiger partial charge in [-0.2, -0.15) is 0 Å². The third-order valence-corrected chi connectivity index (χ3v) is 3.10. The predicted octanol–water partition coefficient (Wildman–Crippen LogP) is 2.97. The summed E-state index contributed by atoms with van der Waals surface area (Å²) in [5, 5.41) is 5.29. The fraction of sp³-hybridized carbons (Fsp3) is 0.176. The first-order chi connectivity index (χ1) is 11.0. The molecule has 120 valence electrons.